The number of nitrogens with one attached hydrogen (secondary N) is 2. The Kier molecular flexibility index (Phi) is 4.16. The minimum absolute atomic E-state index is 0.130. The van der Waals surface area contributed by atoms with Crippen LogP contribution >= 0.6 is 0 Å². The van der Waals surface area contributed by atoms with Crippen LogP contribution in [0, 0.1) is 5.92 Å². The van der Waals surface area contributed by atoms with Crippen LogP contribution in [0.1, 0.15) is 26.1 Å². The second-order valence-electron chi connectivity index (χ2n) is 4.83. The monoisotopic (exact) mass is 260 g/mol. The van der Waals surface area contributed by atoms with Gasteiger partial charge in [0.15, 0.2) is 0 Å². The number of benzene rings is 1. The summed E-state index contributed by atoms with van der Waals surface area (Å²) in [5, 5.41) is 2.82. The number of H-pyrrole nitrogens is 1. The fourth-order valence-corrected chi connectivity index (χ4v) is 1.89. The largest absolute Gasteiger partial charge is 0.348 e. The van der Waals surface area contributed by atoms with E-state index in [1.54, 1.807) is 0 Å². The lowest BCUT2D eigenvalue weighted by Gasteiger charge is -2.17. The number of carbonyl (C=O) groups excluding carboxylic acids is 1. The molecule has 1 aromatic heterocycles. The van der Waals surface area contributed by atoms with Crippen molar-refractivity contribution >= 4 is 16.9 Å². The van der Waals surface area contributed by atoms with Crippen LogP contribution in [0.2, 0.25) is 0 Å². The van der Waals surface area contributed by atoms with Crippen molar-refractivity contribution in [2.24, 2.45) is 11.7 Å². The maximum atomic E-state index is 11.9. The quantitative estimate of drug-likeness (QED) is 0.762. The molecule has 5 nitrogen and oxygen atoms in total. The van der Waals surface area contributed by atoms with Crippen LogP contribution in [0.15, 0.2) is 24.3 Å². The zero-order valence-corrected chi connectivity index (χ0v) is 11.3. The molecule has 0 bridgehead atoms. The number of carbonyl (C=O) groups is 1. The minimum Gasteiger partial charge on any atom is -0.348 e. The number of imidazole rings is 1. The molecule has 0 spiro atoms. The van der Waals surface area contributed by atoms with Crippen molar-refractivity contribution in [1.82, 2.24) is 15.3 Å². The van der Waals surface area contributed by atoms with Gasteiger partial charge >= 0.3 is 0 Å². The molecule has 0 radical (unpaired) electrons. The van der Waals surface area contributed by atoms with E-state index in [4.69, 9.17) is 5.73 Å². The molecule has 5 heteroatoms. The third kappa shape index (κ3) is 3.12. The number of rotatable bonds is 5. The molecule has 2 atom stereocenters. The lowest BCUT2D eigenvalue weighted by molar-refractivity contribution is -0.123. The Hall–Kier alpha value is -1.88. The highest BCUT2D eigenvalue weighted by molar-refractivity contribution is 5.81. The van der Waals surface area contributed by atoms with E-state index < -0.39 is 6.04 Å². The second-order valence-corrected chi connectivity index (χ2v) is 4.83. The van der Waals surface area contributed by atoms with Crippen molar-refractivity contribution in [2.75, 3.05) is 0 Å². The van der Waals surface area contributed by atoms with Crippen LogP contribution in [0.5, 0.6) is 0 Å². The molecule has 102 valence electrons. The van der Waals surface area contributed by atoms with E-state index in [0.717, 1.165) is 23.3 Å². The van der Waals surface area contributed by atoms with E-state index in [1.165, 1.54) is 0 Å². The van der Waals surface area contributed by atoms with Crippen LogP contribution < -0.4 is 11.1 Å². The smallest absolute Gasteiger partial charge is 0.237 e. The Morgan fingerprint density at radius 1 is 1.47 bits per heavy atom. The number of nitrogens with zero attached hydrogens (tertiary/aromatic N) is 1. The Morgan fingerprint density at radius 3 is 2.89 bits per heavy atom. The maximum Gasteiger partial charge on any atom is 0.237 e. The number of fused-ring (bicyclic) bond motifs is 1. The van der Waals surface area contributed by atoms with Crippen LogP contribution in [0.4, 0.5) is 0 Å². The molecule has 0 aliphatic carbocycles. The number of amides is 1. The number of aromatic amines is 1. The summed E-state index contributed by atoms with van der Waals surface area (Å²) in [5.41, 5.74) is 7.74. The fraction of sp³-hybridized carbons (Fsp3) is 0.429. The number of aromatic nitrogens is 2. The molecule has 2 aromatic rings. The summed E-state index contributed by atoms with van der Waals surface area (Å²) >= 11 is 0. The number of para-hydroxylation sites is 2. The number of nitrogens with two attached hydrogens (primary N) is 1. The third-order valence-corrected chi connectivity index (χ3v) is 3.43. The normalized spacial score (nSPS) is 14.3. The topological polar surface area (TPSA) is 83.8 Å². The van der Waals surface area contributed by atoms with E-state index in [0.29, 0.717) is 6.54 Å². The highest BCUT2D eigenvalue weighted by Crippen LogP contribution is 2.10. The van der Waals surface area contributed by atoms with E-state index in [2.05, 4.69) is 15.3 Å². The minimum atomic E-state index is -0.464. The Morgan fingerprint density at radius 2 is 2.21 bits per heavy atom. The predicted molar refractivity (Wildman–Crippen MR) is 75.4 cm³/mol. The van der Waals surface area contributed by atoms with Gasteiger partial charge in [-0.3, -0.25) is 4.79 Å². The van der Waals surface area contributed by atoms with Gasteiger partial charge in [0, 0.05) is 0 Å². The van der Waals surface area contributed by atoms with Crippen molar-refractivity contribution in [1.29, 1.82) is 0 Å². The molecule has 4 N–H and O–H groups in total. The summed E-state index contributed by atoms with van der Waals surface area (Å²) in [5.74, 6) is 0.788. The molecule has 1 heterocycles. The lowest BCUT2D eigenvalue weighted by Crippen LogP contribution is -2.44. The summed E-state index contributed by atoms with van der Waals surface area (Å²) in [6.45, 7) is 4.38. The highest BCUT2D eigenvalue weighted by Gasteiger charge is 2.19. The van der Waals surface area contributed by atoms with Gasteiger partial charge in [0.2, 0.25) is 5.91 Å². The maximum absolute atomic E-state index is 11.9. The molecule has 19 heavy (non-hydrogen) atoms. The third-order valence-electron chi connectivity index (χ3n) is 3.43. The van der Waals surface area contributed by atoms with Crippen molar-refractivity contribution in [2.45, 2.75) is 32.9 Å². The molecule has 0 saturated carbocycles. The number of hydrogen-bond acceptors (Lipinski definition) is 3. The van der Waals surface area contributed by atoms with Gasteiger partial charge in [-0.05, 0) is 18.1 Å². The summed E-state index contributed by atoms with van der Waals surface area (Å²) in [4.78, 5) is 19.4. The molecule has 1 amide bonds. The first-order valence-corrected chi connectivity index (χ1v) is 6.58. The molecular formula is C14H20N4O. The fourth-order valence-electron chi connectivity index (χ4n) is 1.89. The molecular weight excluding hydrogens is 240 g/mol. The van der Waals surface area contributed by atoms with Gasteiger partial charge < -0.3 is 16.0 Å². The van der Waals surface area contributed by atoms with Crippen LogP contribution in [-0.4, -0.2) is 21.9 Å². The van der Waals surface area contributed by atoms with Crippen LogP contribution in [0.3, 0.4) is 0 Å². The molecule has 0 fully saturated rings. The molecule has 0 aliphatic heterocycles. The van der Waals surface area contributed by atoms with Gasteiger partial charge in [-0.2, -0.15) is 0 Å². The predicted octanol–water partition coefficient (Wildman–Crippen LogP) is 1.55. The standard InChI is InChI=1S/C14H20N4O/c1-3-9(2)13(15)14(19)16-8-12-17-10-6-4-5-7-11(10)18-12/h4-7,9,13H,3,8,15H2,1-2H3,(H,16,19)(H,17,18)/t9?,13-/m0/s1. The Labute approximate surface area is 112 Å². The number of hydrogen-bond donors (Lipinski definition) is 3. The average Bonchev–Trinajstić information content (AvgIpc) is 2.85. The molecule has 1 unspecified atom stereocenters. The first kappa shape index (κ1) is 13.5. The molecule has 0 saturated heterocycles. The van der Waals surface area contributed by atoms with Gasteiger partial charge in [-0.15, -0.1) is 0 Å². The van der Waals surface area contributed by atoms with Crippen LogP contribution in [0.25, 0.3) is 11.0 Å². The van der Waals surface area contributed by atoms with E-state index in [1.807, 2.05) is 38.1 Å². The SMILES string of the molecule is CCC(C)[C@H](N)C(=O)NCc1nc2ccccc2[nH]1. The first-order chi connectivity index (χ1) is 9.11. The summed E-state index contributed by atoms with van der Waals surface area (Å²) in [7, 11) is 0. The molecule has 2 rings (SSSR count). The van der Waals surface area contributed by atoms with E-state index in [-0.39, 0.29) is 11.8 Å². The second kappa shape index (κ2) is 5.84. The summed E-state index contributed by atoms with van der Waals surface area (Å²) in [6, 6.07) is 7.31. The average molecular weight is 260 g/mol. The zero-order chi connectivity index (χ0) is 13.8. The van der Waals surface area contributed by atoms with E-state index in [9.17, 15) is 4.79 Å². The van der Waals surface area contributed by atoms with Gasteiger partial charge in [-0.1, -0.05) is 32.4 Å². The highest BCUT2D eigenvalue weighted by atomic mass is 16.2. The van der Waals surface area contributed by atoms with E-state index >= 15 is 0 Å². The summed E-state index contributed by atoms with van der Waals surface area (Å²) in [6.07, 6.45) is 0.888. The van der Waals surface area contributed by atoms with Gasteiger partial charge in [0.25, 0.3) is 0 Å². The van der Waals surface area contributed by atoms with Gasteiger partial charge in [-0.25, -0.2) is 4.98 Å². The molecule has 1 aromatic carbocycles. The van der Waals surface area contributed by atoms with Gasteiger partial charge in [0.05, 0.1) is 23.6 Å². The Balaban J connectivity index is 1.96. The zero-order valence-electron chi connectivity index (χ0n) is 11.3. The van der Waals surface area contributed by atoms with Crippen molar-refractivity contribution in [3.05, 3.63) is 30.1 Å². The van der Waals surface area contributed by atoms with Crippen molar-refractivity contribution in [3.63, 3.8) is 0 Å². The lowest BCUT2D eigenvalue weighted by atomic mass is 9.99. The van der Waals surface area contributed by atoms with Crippen LogP contribution in [-0.2, 0) is 11.3 Å². The summed E-state index contributed by atoms with van der Waals surface area (Å²) < 4.78 is 0. The van der Waals surface area contributed by atoms with Gasteiger partial charge in [0.1, 0.15) is 5.82 Å². The first-order valence-electron chi connectivity index (χ1n) is 6.58. The Bertz CT molecular complexity index is 530. The van der Waals surface area contributed by atoms with Crippen molar-refractivity contribution < 1.29 is 4.79 Å². The molecule has 0 aliphatic rings. The van der Waals surface area contributed by atoms with Crippen molar-refractivity contribution in [3.8, 4) is 0 Å².